The zero-order valence-electron chi connectivity index (χ0n) is 10.1. The van der Waals surface area contributed by atoms with Gasteiger partial charge in [-0.2, -0.15) is 0 Å². The Balaban J connectivity index is 3.19. The van der Waals surface area contributed by atoms with E-state index in [1.165, 1.54) is 12.8 Å². The van der Waals surface area contributed by atoms with Crippen molar-refractivity contribution in [2.45, 2.75) is 47.0 Å². The summed E-state index contributed by atoms with van der Waals surface area (Å²) in [6, 6.07) is 0. The van der Waals surface area contributed by atoms with Crippen LogP contribution in [0.4, 0.5) is 0 Å². The van der Waals surface area contributed by atoms with E-state index in [-0.39, 0.29) is 0 Å². The van der Waals surface area contributed by atoms with Crippen LogP contribution in [-0.4, -0.2) is 13.2 Å². The van der Waals surface area contributed by atoms with Gasteiger partial charge in [0.2, 0.25) is 0 Å². The summed E-state index contributed by atoms with van der Waals surface area (Å²) < 4.78 is 5.35. The normalized spacial score (nSPS) is 10.4. The Morgan fingerprint density at radius 1 is 1.00 bits per heavy atom. The summed E-state index contributed by atoms with van der Waals surface area (Å²) in [6.07, 6.45) is 3.51. The predicted octanol–water partition coefficient (Wildman–Crippen LogP) is 3.49. The molecular weight excluding hydrogens is 172 g/mol. The van der Waals surface area contributed by atoms with E-state index >= 15 is 0 Å². The van der Waals surface area contributed by atoms with Crippen LogP contribution in [0.5, 0.6) is 0 Å². The van der Waals surface area contributed by atoms with Gasteiger partial charge in [0.05, 0.1) is 6.61 Å². The van der Waals surface area contributed by atoms with E-state index in [9.17, 15) is 0 Å². The first kappa shape index (κ1) is 13.5. The van der Waals surface area contributed by atoms with E-state index in [0.29, 0.717) is 12.5 Å². The van der Waals surface area contributed by atoms with Gasteiger partial charge in [-0.05, 0) is 18.3 Å². The summed E-state index contributed by atoms with van der Waals surface area (Å²) in [4.78, 5) is 0. The van der Waals surface area contributed by atoms with Gasteiger partial charge in [-0.25, -0.2) is 0 Å². The summed E-state index contributed by atoms with van der Waals surface area (Å²) in [5.41, 5.74) is 0. The lowest BCUT2D eigenvalue weighted by Gasteiger charge is -2.02. The Morgan fingerprint density at radius 3 is 2.29 bits per heavy atom. The van der Waals surface area contributed by atoms with Gasteiger partial charge < -0.3 is 4.74 Å². The lowest BCUT2D eigenvalue weighted by atomic mass is 10.1. The largest absolute Gasteiger partial charge is 0.369 e. The fourth-order valence-corrected chi connectivity index (χ4v) is 1.08. The van der Waals surface area contributed by atoms with Crippen molar-refractivity contribution < 1.29 is 4.74 Å². The fraction of sp³-hybridized carbons (Fsp3) is 0.846. The van der Waals surface area contributed by atoms with Crippen LogP contribution < -0.4 is 0 Å². The monoisotopic (exact) mass is 196 g/mol. The molecule has 0 N–H and O–H groups in total. The Bertz CT molecular complexity index is 153. The van der Waals surface area contributed by atoms with Crippen molar-refractivity contribution in [3.05, 3.63) is 0 Å². The van der Waals surface area contributed by atoms with E-state index < -0.39 is 0 Å². The molecule has 1 heteroatoms. The molecule has 0 fully saturated rings. The lowest BCUT2D eigenvalue weighted by Crippen LogP contribution is -2.01. The zero-order valence-corrected chi connectivity index (χ0v) is 10.1. The molecule has 0 unspecified atom stereocenters. The highest BCUT2D eigenvalue weighted by Crippen LogP contribution is 2.04. The highest BCUT2D eigenvalue weighted by Gasteiger charge is 1.91. The van der Waals surface area contributed by atoms with Crippen LogP contribution in [0.3, 0.4) is 0 Å². The summed E-state index contributed by atoms with van der Waals surface area (Å²) in [5, 5.41) is 0. The molecule has 14 heavy (non-hydrogen) atoms. The zero-order chi connectivity index (χ0) is 10.8. The molecule has 0 heterocycles. The van der Waals surface area contributed by atoms with Gasteiger partial charge in [-0.1, -0.05) is 40.0 Å². The smallest absolute Gasteiger partial charge is 0.107 e. The quantitative estimate of drug-likeness (QED) is 0.467. The molecule has 0 aromatic heterocycles. The standard InChI is InChI=1S/C13H24O/c1-12(2)9-7-5-6-8-10-14-11-13(3)4/h12-13H,5,7,9-11H2,1-4H3. The van der Waals surface area contributed by atoms with Gasteiger partial charge in [0, 0.05) is 6.42 Å². The molecule has 0 atom stereocenters. The van der Waals surface area contributed by atoms with Crippen LogP contribution in [0.25, 0.3) is 0 Å². The molecule has 0 amide bonds. The third-order valence-corrected chi connectivity index (χ3v) is 1.83. The topological polar surface area (TPSA) is 9.23 Å². The molecule has 0 saturated heterocycles. The summed E-state index contributed by atoms with van der Waals surface area (Å²) >= 11 is 0. The minimum atomic E-state index is 0.597. The van der Waals surface area contributed by atoms with Gasteiger partial charge >= 0.3 is 0 Å². The number of unbranched alkanes of at least 4 members (excludes halogenated alkanes) is 1. The van der Waals surface area contributed by atoms with Gasteiger partial charge in [-0.3, -0.25) is 0 Å². The molecule has 0 aliphatic carbocycles. The maximum atomic E-state index is 5.35. The van der Waals surface area contributed by atoms with Crippen molar-refractivity contribution in [1.29, 1.82) is 0 Å². The third kappa shape index (κ3) is 11.5. The second-order valence-electron chi connectivity index (χ2n) is 4.55. The summed E-state index contributed by atoms with van der Waals surface area (Å²) in [5.74, 6) is 7.59. The highest BCUT2D eigenvalue weighted by atomic mass is 16.5. The Labute approximate surface area is 89.2 Å². The van der Waals surface area contributed by atoms with Crippen LogP contribution in [0.1, 0.15) is 47.0 Å². The first-order valence-corrected chi connectivity index (χ1v) is 5.66. The molecule has 0 aromatic rings. The van der Waals surface area contributed by atoms with Crippen molar-refractivity contribution in [2.75, 3.05) is 13.2 Å². The number of ether oxygens (including phenoxy) is 1. The number of hydrogen-bond donors (Lipinski definition) is 0. The van der Waals surface area contributed by atoms with Crippen molar-refractivity contribution in [3.63, 3.8) is 0 Å². The van der Waals surface area contributed by atoms with E-state index in [0.717, 1.165) is 18.9 Å². The maximum absolute atomic E-state index is 5.35. The Morgan fingerprint density at radius 2 is 1.71 bits per heavy atom. The predicted molar refractivity (Wildman–Crippen MR) is 62.1 cm³/mol. The van der Waals surface area contributed by atoms with Gasteiger partial charge in [0.25, 0.3) is 0 Å². The van der Waals surface area contributed by atoms with E-state index in [4.69, 9.17) is 4.74 Å². The lowest BCUT2D eigenvalue weighted by molar-refractivity contribution is 0.139. The third-order valence-electron chi connectivity index (χ3n) is 1.83. The molecule has 0 aliphatic rings. The van der Waals surface area contributed by atoms with Crippen molar-refractivity contribution in [3.8, 4) is 11.8 Å². The average molecular weight is 196 g/mol. The molecule has 82 valence electrons. The molecule has 0 aliphatic heterocycles. The average Bonchev–Trinajstić information content (AvgIpc) is 2.08. The molecule has 0 aromatic carbocycles. The Hall–Kier alpha value is -0.480. The molecule has 0 bridgehead atoms. The maximum Gasteiger partial charge on any atom is 0.107 e. The van der Waals surface area contributed by atoms with Crippen molar-refractivity contribution in [2.24, 2.45) is 11.8 Å². The second-order valence-corrected chi connectivity index (χ2v) is 4.55. The van der Waals surface area contributed by atoms with Crippen LogP contribution in [-0.2, 0) is 4.74 Å². The van der Waals surface area contributed by atoms with Crippen molar-refractivity contribution >= 4 is 0 Å². The highest BCUT2D eigenvalue weighted by molar-refractivity contribution is 4.98. The van der Waals surface area contributed by atoms with E-state index in [2.05, 4.69) is 39.5 Å². The summed E-state index contributed by atoms with van der Waals surface area (Å²) in [7, 11) is 0. The minimum absolute atomic E-state index is 0.597. The molecule has 1 nitrogen and oxygen atoms in total. The van der Waals surface area contributed by atoms with Crippen LogP contribution in [0, 0.1) is 23.7 Å². The molecule has 0 saturated carbocycles. The summed E-state index contributed by atoms with van der Waals surface area (Å²) in [6.45, 7) is 10.2. The van der Waals surface area contributed by atoms with Gasteiger partial charge in [-0.15, -0.1) is 5.92 Å². The van der Waals surface area contributed by atoms with Gasteiger partial charge in [0.1, 0.15) is 6.61 Å². The SMILES string of the molecule is CC(C)CCCC#CCOCC(C)C. The molecule has 0 spiro atoms. The number of rotatable bonds is 6. The first-order valence-electron chi connectivity index (χ1n) is 5.66. The van der Waals surface area contributed by atoms with Crippen LogP contribution >= 0.6 is 0 Å². The molecule has 0 rings (SSSR count). The van der Waals surface area contributed by atoms with Crippen LogP contribution in [0.2, 0.25) is 0 Å². The van der Waals surface area contributed by atoms with E-state index in [1.807, 2.05) is 0 Å². The minimum Gasteiger partial charge on any atom is -0.369 e. The number of hydrogen-bond acceptors (Lipinski definition) is 1. The van der Waals surface area contributed by atoms with E-state index in [1.54, 1.807) is 0 Å². The first-order chi connectivity index (χ1) is 6.63. The molecular formula is C13H24O. The molecule has 0 radical (unpaired) electrons. The van der Waals surface area contributed by atoms with Crippen molar-refractivity contribution in [1.82, 2.24) is 0 Å². The fourth-order valence-electron chi connectivity index (χ4n) is 1.08. The van der Waals surface area contributed by atoms with Gasteiger partial charge in [0.15, 0.2) is 0 Å². The second kappa shape index (κ2) is 9.09. The van der Waals surface area contributed by atoms with Crippen LogP contribution in [0.15, 0.2) is 0 Å². The Kier molecular flexibility index (Phi) is 8.78.